The lowest BCUT2D eigenvalue weighted by atomic mass is 10.1. The van der Waals surface area contributed by atoms with Crippen molar-refractivity contribution in [2.45, 2.75) is 19.1 Å². The zero-order valence-corrected chi connectivity index (χ0v) is 13.4. The van der Waals surface area contributed by atoms with Crippen LogP contribution in [0.5, 0.6) is 11.5 Å². The molecule has 0 saturated heterocycles. The Kier molecular flexibility index (Phi) is 4.81. The number of fused-ring (bicyclic) bond motifs is 1. The van der Waals surface area contributed by atoms with Gasteiger partial charge in [0.15, 0.2) is 11.6 Å². The number of hydrogen-bond acceptors (Lipinski definition) is 6. The minimum Gasteiger partial charge on any atom is -0.497 e. The second-order valence-electron chi connectivity index (χ2n) is 5.57. The van der Waals surface area contributed by atoms with Gasteiger partial charge in [0.25, 0.3) is 0 Å². The molecule has 7 nitrogen and oxygen atoms in total. The van der Waals surface area contributed by atoms with E-state index < -0.39 is 0 Å². The molecular weight excluding hydrogens is 308 g/mol. The van der Waals surface area contributed by atoms with Crippen LogP contribution in [0.25, 0.3) is 0 Å². The van der Waals surface area contributed by atoms with Crippen LogP contribution in [0.1, 0.15) is 12.0 Å². The van der Waals surface area contributed by atoms with Gasteiger partial charge in [0.1, 0.15) is 11.9 Å². The summed E-state index contributed by atoms with van der Waals surface area (Å²) < 4.78 is 11.1. The van der Waals surface area contributed by atoms with Crippen molar-refractivity contribution in [3.8, 4) is 11.5 Å². The highest BCUT2D eigenvalue weighted by molar-refractivity contribution is 5.76. The lowest BCUT2D eigenvalue weighted by Crippen LogP contribution is -2.43. The van der Waals surface area contributed by atoms with E-state index in [1.54, 1.807) is 13.3 Å². The molecule has 0 aliphatic carbocycles. The van der Waals surface area contributed by atoms with Crippen molar-refractivity contribution in [1.82, 2.24) is 10.4 Å². The van der Waals surface area contributed by atoms with E-state index >= 15 is 0 Å². The van der Waals surface area contributed by atoms with Crippen molar-refractivity contribution in [3.63, 3.8) is 0 Å². The fourth-order valence-electron chi connectivity index (χ4n) is 2.72. The number of anilines is 1. The minimum absolute atomic E-state index is 0.198. The number of pyridine rings is 1. The van der Waals surface area contributed by atoms with Gasteiger partial charge in [-0.05, 0) is 29.8 Å². The van der Waals surface area contributed by atoms with Crippen molar-refractivity contribution in [1.29, 1.82) is 0 Å². The molecule has 1 aliphatic heterocycles. The summed E-state index contributed by atoms with van der Waals surface area (Å²) in [5.41, 5.74) is 3.27. The average Bonchev–Trinajstić information content (AvgIpc) is 2.62. The summed E-state index contributed by atoms with van der Waals surface area (Å²) in [5, 5.41) is 0. The van der Waals surface area contributed by atoms with Gasteiger partial charge in [-0.2, -0.15) is 0 Å². The molecule has 1 aromatic heterocycles. The van der Waals surface area contributed by atoms with Crippen LogP contribution in [-0.4, -0.2) is 30.6 Å². The number of nitrogens with two attached hydrogens (primary N) is 1. The maximum Gasteiger partial charge on any atom is 0.237 e. The van der Waals surface area contributed by atoms with Crippen molar-refractivity contribution in [2.75, 3.05) is 18.6 Å². The highest BCUT2D eigenvalue weighted by Gasteiger charge is 2.28. The smallest absolute Gasteiger partial charge is 0.237 e. The van der Waals surface area contributed by atoms with Crippen LogP contribution in [0.15, 0.2) is 42.6 Å². The van der Waals surface area contributed by atoms with Crippen molar-refractivity contribution in [3.05, 3.63) is 48.2 Å². The summed E-state index contributed by atoms with van der Waals surface area (Å²) in [5.74, 6) is 7.19. The number of methoxy groups -OCH3 is 1. The van der Waals surface area contributed by atoms with Crippen LogP contribution < -0.4 is 25.6 Å². The topological polar surface area (TPSA) is 89.7 Å². The molecule has 0 bridgehead atoms. The summed E-state index contributed by atoms with van der Waals surface area (Å²) in [4.78, 5) is 18.1. The summed E-state index contributed by atoms with van der Waals surface area (Å²) >= 11 is 0. The quantitative estimate of drug-likeness (QED) is 0.488. The first-order valence-electron chi connectivity index (χ1n) is 7.68. The van der Waals surface area contributed by atoms with Gasteiger partial charge >= 0.3 is 0 Å². The molecule has 126 valence electrons. The predicted octanol–water partition coefficient (Wildman–Crippen LogP) is 1.24. The fourth-order valence-corrected chi connectivity index (χ4v) is 2.72. The van der Waals surface area contributed by atoms with Crippen molar-refractivity contribution < 1.29 is 14.3 Å². The van der Waals surface area contributed by atoms with Crippen LogP contribution in [0, 0.1) is 0 Å². The number of nitrogens with one attached hydrogen (secondary N) is 1. The van der Waals surface area contributed by atoms with Crippen LogP contribution in [0.4, 0.5) is 5.82 Å². The second-order valence-corrected chi connectivity index (χ2v) is 5.57. The highest BCUT2D eigenvalue weighted by Crippen LogP contribution is 2.32. The number of nitrogens with zero attached hydrogens (tertiary/aromatic N) is 2. The van der Waals surface area contributed by atoms with Gasteiger partial charge in [-0.25, -0.2) is 10.8 Å². The fraction of sp³-hybridized carbons (Fsp3) is 0.294. The SMILES string of the molecule is COc1ccc(CN2CC(CC(=O)NN)Oc3cccnc32)cc1. The van der Waals surface area contributed by atoms with E-state index in [4.69, 9.17) is 15.3 Å². The first kappa shape index (κ1) is 16.1. The Morgan fingerprint density at radius 1 is 1.42 bits per heavy atom. The zero-order valence-electron chi connectivity index (χ0n) is 13.4. The zero-order chi connectivity index (χ0) is 16.9. The maximum absolute atomic E-state index is 11.6. The van der Waals surface area contributed by atoms with E-state index in [0.29, 0.717) is 18.8 Å². The Hall–Kier alpha value is -2.80. The molecule has 2 heterocycles. The van der Waals surface area contributed by atoms with Gasteiger partial charge in [0.05, 0.1) is 20.1 Å². The van der Waals surface area contributed by atoms with Crippen LogP contribution >= 0.6 is 0 Å². The molecule has 1 aliphatic rings. The molecule has 1 aromatic carbocycles. The molecule has 0 fully saturated rings. The van der Waals surface area contributed by atoms with Gasteiger partial charge in [0, 0.05) is 12.7 Å². The molecule has 2 aromatic rings. The van der Waals surface area contributed by atoms with Gasteiger partial charge in [-0.3, -0.25) is 10.2 Å². The van der Waals surface area contributed by atoms with Gasteiger partial charge in [-0.1, -0.05) is 12.1 Å². The molecule has 24 heavy (non-hydrogen) atoms. The number of rotatable bonds is 5. The van der Waals surface area contributed by atoms with Crippen molar-refractivity contribution in [2.24, 2.45) is 5.84 Å². The number of carbonyl (C=O) groups is 1. The molecule has 1 unspecified atom stereocenters. The largest absolute Gasteiger partial charge is 0.497 e. The van der Waals surface area contributed by atoms with Crippen molar-refractivity contribution >= 4 is 11.7 Å². The molecule has 1 amide bonds. The van der Waals surface area contributed by atoms with E-state index in [1.807, 2.05) is 36.4 Å². The number of hydrogen-bond donors (Lipinski definition) is 2. The van der Waals surface area contributed by atoms with E-state index in [-0.39, 0.29) is 18.4 Å². The maximum atomic E-state index is 11.6. The second kappa shape index (κ2) is 7.18. The van der Waals surface area contributed by atoms with Crippen LogP contribution in [-0.2, 0) is 11.3 Å². The molecule has 3 rings (SSSR count). The number of benzene rings is 1. The molecule has 3 N–H and O–H groups in total. The number of hydrazine groups is 1. The predicted molar refractivity (Wildman–Crippen MR) is 89.6 cm³/mol. The first-order chi connectivity index (χ1) is 11.7. The van der Waals surface area contributed by atoms with Crippen LogP contribution in [0.2, 0.25) is 0 Å². The number of ether oxygens (including phenoxy) is 2. The Labute approximate surface area is 140 Å². The van der Waals surface area contributed by atoms with E-state index in [1.165, 1.54) is 0 Å². The highest BCUT2D eigenvalue weighted by atomic mass is 16.5. The molecule has 0 saturated carbocycles. The average molecular weight is 328 g/mol. The Bertz CT molecular complexity index is 705. The molecule has 1 atom stereocenters. The van der Waals surface area contributed by atoms with Gasteiger partial charge in [-0.15, -0.1) is 0 Å². The van der Waals surface area contributed by atoms with Crippen LogP contribution in [0.3, 0.4) is 0 Å². The lowest BCUT2D eigenvalue weighted by Gasteiger charge is -2.35. The monoisotopic (exact) mass is 328 g/mol. The number of amides is 1. The Morgan fingerprint density at radius 3 is 2.92 bits per heavy atom. The van der Waals surface area contributed by atoms with E-state index in [2.05, 4.69) is 15.3 Å². The summed E-state index contributed by atoms with van der Waals surface area (Å²) in [6.45, 7) is 1.22. The molecule has 0 radical (unpaired) electrons. The standard InChI is InChI=1S/C17H20N4O3/c1-23-13-6-4-12(5-7-13)10-21-11-14(9-16(22)20-18)24-15-3-2-8-19-17(15)21/h2-8,14H,9-11,18H2,1H3,(H,20,22). The summed E-state index contributed by atoms with van der Waals surface area (Å²) in [6, 6.07) is 11.5. The summed E-state index contributed by atoms with van der Waals surface area (Å²) in [6.07, 6.45) is 1.66. The third-order valence-electron chi connectivity index (χ3n) is 3.87. The summed E-state index contributed by atoms with van der Waals surface area (Å²) in [7, 11) is 1.64. The third-order valence-corrected chi connectivity index (χ3v) is 3.87. The molecule has 7 heteroatoms. The molecule has 0 spiro atoms. The first-order valence-corrected chi connectivity index (χ1v) is 7.68. The lowest BCUT2D eigenvalue weighted by molar-refractivity contribution is -0.122. The Morgan fingerprint density at radius 2 is 2.21 bits per heavy atom. The number of aromatic nitrogens is 1. The third kappa shape index (κ3) is 3.57. The molecular formula is C17H20N4O3. The minimum atomic E-state index is -0.275. The number of carbonyl (C=O) groups excluding carboxylic acids is 1. The van der Waals surface area contributed by atoms with E-state index in [9.17, 15) is 4.79 Å². The van der Waals surface area contributed by atoms with Gasteiger partial charge < -0.3 is 14.4 Å². The van der Waals surface area contributed by atoms with Gasteiger partial charge in [0.2, 0.25) is 5.91 Å². The normalized spacial score (nSPS) is 16.1. The Balaban J connectivity index is 1.80. The van der Waals surface area contributed by atoms with E-state index in [0.717, 1.165) is 17.1 Å².